The molecule has 0 heterocycles. The van der Waals surface area contributed by atoms with Crippen LogP contribution in [0, 0.1) is 29.6 Å². The summed E-state index contributed by atoms with van der Waals surface area (Å²) in [6.07, 6.45) is 26.1. The Bertz CT molecular complexity index is 665. The van der Waals surface area contributed by atoms with Crippen LogP contribution in [0.2, 0.25) is 0 Å². The fourth-order valence-corrected chi connectivity index (χ4v) is 6.76. The molecule has 3 fully saturated rings. The largest absolute Gasteiger partial charge is 0.481 e. The van der Waals surface area contributed by atoms with Crippen LogP contribution in [0.3, 0.4) is 0 Å². The highest BCUT2D eigenvalue weighted by Gasteiger charge is 2.34. The van der Waals surface area contributed by atoms with Gasteiger partial charge in [-0.3, -0.25) is 9.59 Å². The van der Waals surface area contributed by atoms with E-state index >= 15 is 0 Å². The highest BCUT2D eigenvalue weighted by atomic mass is 16.4. The quantitative estimate of drug-likeness (QED) is 0.233. The number of aliphatic hydroxyl groups excluding tert-OH is 1. The van der Waals surface area contributed by atoms with Gasteiger partial charge in [0.15, 0.2) is 0 Å². The fraction of sp³-hybridized carbons (Fsp3) is 0.793. The molecule has 3 unspecified atom stereocenters. The first-order valence-corrected chi connectivity index (χ1v) is 13.8. The van der Waals surface area contributed by atoms with Gasteiger partial charge in [0.1, 0.15) is 5.78 Å². The van der Waals surface area contributed by atoms with Gasteiger partial charge >= 0.3 is 5.97 Å². The molecule has 2 N–H and O–H groups in total. The Kier molecular flexibility index (Phi) is 11.2. The Balaban J connectivity index is 1.33. The summed E-state index contributed by atoms with van der Waals surface area (Å²) >= 11 is 0. The maximum atomic E-state index is 12.3. The van der Waals surface area contributed by atoms with Gasteiger partial charge < -0.3 is 10.2 Å². The summed E-state index contributed by atoms with van der Waals surface area (Å²) in [5.41, 5.74) is 0. The van der Waals surface area contributed by atoms with Crippen molar-refractivity contribution in [1.29, 1.82) is 0 Å². The van der Waals surface area contributed by atoms with Gasteiger partial charge in [-0.05, 0) is 62.2 Å². The lowest BCUT2D eigenvalue weighted by molar-refractivity contribution is -0.137. The van der Waals surface area contributed by atoms with Crippen LogP contribution in [-0.4, -0.2) is 28.1 Å². The highest BCUT2D eigenvalue weighted by molar-refractivity contribution is 5.83. The summed E-state index contributed by atoms with van der Waals surface area (Å²) in [5.74, 6) is 2.72. The molecule has 3 aliphatic carbocycles. The highest BCUT2D eigenvalue weighted by Crippen LogP contribution is 2.45. The lowest BCUT2D eigenvalue weighted by Crippen LogP contribution is -2.30. The van der Waals surface area contributed by atoms with Crippen LogP contribution >= 0.6 is 0 Å². The molecule has 4 heteroatoms. The number of carboxylic acid groups (broad SMARTS) is 1. The second-order valence-corrected chi connectivity index (χ2v) is 10.9. The molecular weight excluding hydrogens is 412 g/mol. The molecule has 0 spiro atoms. The van der Waals surface area contributed by atoms with E-state index in [4.69, 9.17) is 5.11 Å². The normalized spacial score (nSPS) is 31.3. The topological polar surface area (TPSA) is 74.6 Å². The third-order valence-electron chi connectivity index (χ3n) is 8.60. The average molecular weight is 459 g/mol. The van der Waals surface area contributed by atoms with E-state index in [9.17, 15) is 14.7 Å². The molecular formula is C29H46O4. The summed E-state index contributed by atoms with van der Waals surface area (Å²) < 4.78 is 0. The maximum Gasteiger partial charge on any atom is 0.303 e. The van der Waals surface area contributed by atoms with Crippen molar-refractivity contribution in [1.82, 2.24) is 0 Å². The van der Waals surface area contributed by atoms with Crippen LogP contribution in [0.4, 0.5) is 0 Å². The van der Waals surface area contributed by atoms with E-state index in [2.05, 4.69) is 6.08 Å². The van der Waals surface area contributed by atoms with Gasteiger partial charge in [0.05, 0.1) is 6.10 Å². The van der Waals surface area contributed by atoms with Gasteiger partial charge in [0, 0.05) is 18.8 Å². The van der Waals surface area contributed by atoms with Gasteiger partial charge in [-0.25, -0.2) is 0 Å². The van der Waals surface area contributed by atoms with Gasteiger partial charge in [-0.1, -0.05) is 82.1 Å². The summed E-state index contributed by atoms with van der Waals surface area (Å²) in [6, 6.07) is 0. The molecule has 0 bridgehead atoms. The van der Waals surface area contributed by atoms with E-state index in [1.807, 2.05) is 18.2 Å². The second-order valence-electron chi connectivity index (χ2n) is 10.9. The van der Waals surface area contributed by atoms with Crippen molar-refractivity contribution in [3.05, 3.63) is 24.3 Å². The van der Waals surface area contributed by atoms with Crippen molar-refractivity contribution < 1.29 is 19.8 Å². The third-order valence-corrected chi connectivity index (χ3v) is 8.60. The summed E-state index contributed by atoms with van der Waals surface area (Å²) in [7, 11) is 0. The van der Waals surface area contributed by atoms with E-state index in [1.54, 1.807) is 0 Å². The first kappa shape index (κ1) is 26.2. The van der Waals surface area contributed by atoms with Crippen LogP contribution in [0.25, 0.3) is 0 Å². The van der Waals surface area contributed by atoms with Crippen molar-refractivity contribution in [2.24, 2.45) is 29.6 Å². The Morgan fingerprint density at radius 2 is 1.82 bits per heavy atom. The van der Waals surface area contributed by atoms with Gasteiger partial charge in [0.2, 0.25) is 0 Å². The number of ketones is 1. The maximum absolute atomic E-state index is 12.3. The molecule has 0 saturated heterocycles. The van der Waals surface area contributed by atoms with Crippen LogP contribution in [0.5, 0.6) is 0 Å². The predicted molar refractivity (Wildman–Crippen MR) is 133 cm³/mol. The monoisotopic (exact) mass is 458 g/mol. The van der Waals surface area contributed by atoms with E-state index in [-0.39, 0.29) is 18.3 Å². The van der Waals surface area contributed by atoms with Crippen molar-refractivity contribution in [2.45, 2.75) is 115 Å². The number of carbonyl (C=O) groups is 2. The molecule has 4 nitrogen and oxygen atoms in total. The summed E-state index contributed by atoms with van der Waals surface area (Å²) in [6.45, 7) is 0. The van der Waals surface area contributed by atoms with E-state index < -0.39 is 12.1 Å². The number of unbranched alkanes of at least 4 members (excludes halogenated alkanes) is 2. The van der Waals surface area contributed by atoms with Gasteiger partial charge in [0.25, 0.3) is 0 Å². The molecule has 0 aromatic heterocycles. The Labute approximate surface area is 200 Å². The Hall–Kier alpha value is -1.42. The number of hydrogen-bond donors (Lipinski definition) is 2. The number of aliphatic hydroxyl groups is 1. The molecule has 3 aliphatic rings. The number of allylic oxidation sites excluding steroid dienone is 3. The smallest absolute Gasteiger partial charge is 0.303 e. The lowest BCUT2D eigenvalue weighted by atomic mass is 9.64. The van der Waals surface area contributed by atoms with E-state index in [0.29, 0.717) is 18.6 Å². The minimum atomic E-state index is -0.759. The molecule has 0 aromatic rings. The molecule has 0 aliphatic heterocycles. The first-order valence-electron chi connectivity index (χ1n) is 13.8. The zero-order chi connectivity index (χ0) is 23.5. The zero-order valence-corrected chi connectivity index (χ0v) is 20.5. The first-order chi connectivity index (χ1) is 16.0. The molecule has 0 amide bonds. The molecule has 0 radical (unpaired) electrons. The number of Topliss-reactive ketones (excluding diaryl/α,β-unsaturated/α-hetero) is 1. The van der Waals surface area contributed by atoms with Crippen molar-refractivity contribution in [3.63, 3.8) is 0 Å². The van der Waals surface area contributed by atoms with Gasteiger partial charge in [-0.15, -0.1) is 0 Å². The molecule has 3 saturated carbocycles. The Morgan fingerprint density at radius 3 is 2.67 bits per heavy atom. The summed E-state index contributed by atoms with van der Waals surface area (Å²) in [5, 5.41) is 19.2. The second kappa shape index (κ2) is 14.1. The molecule has 6 atom stereocenters. The van der Waals surface area contributed by atoms with Crippen LogP contribution in [0.1, 0.15) is 109 Å². The molecule has 186 valence electrons. The SMILES string of the molecule is O=C(O)CCC/C=C\C[C@H]1C(=O)CC[C@@H]1/C=C/[C@@H](O)CCCCC1CCCC2CCCCC21. The molecule has 33 heavy (non-hydrogen) atoms. The van der Waals surface area contributed by atoms with E-state index in [0.717, 1.165) is 49.9 Å². The van der Waals surface area contributed by atoms with Crippen LogP contribution in [0.15, 0.2) is 24.3 Å². The molecule has 0 aromatic carbocycles. The lowest BCUT2D eigenvalue weighted by Gasteiger charge is -2.41. The minimum Gasteiger partial charge on any atom is -0.481 e. The number of carbonyl (C=O) groups excluding carboxylic acids is 1. The minimum absolute atomic E-state index is 0.0129. The number of carboxylic acids is 1. The average Bonchev–Trinajstić information content (AvgIpc) is 3.16. The standard InChI is InChI=1S/C29H46O4/c30-25(14-7-5-10-22-12-9-13-23-11-6-8-15-26(22)23)20-18-24-19-21-28(31)27(24)16-3-1-2-4-17-29(32)33/h1,3,18,20,22-27,30H,2,4-17,19,21H2,(H,32,33)/b3-1-,20-18+/t22?,23?,24-,25-,26?,27+/m0/s1. The fourth-order valence-electron chi connectivity index (χ4n) is 6.76. The van der Waals surface area contributed by atoms with Crippen molar-refractivity contribution in [3.8, 4) is 0 Å². The molecule has 3 rings (SSSR count). The zero-order valence-electron chi connectivity index (χ0n) is 20.5. The third kappa shape index (κ3) is 8.70. The van der Waals surface area contributed by atoms with Gasteiger partial charge in [-0.2, -0.15) is 0 Å². The number of rotatable bonds is 13. The van der Waals surface area contributed by atoms with Crippen LogP contribution < -0.4 is 0 Å². The Morgan fingerprint density at radius 1 is 1.00 bits per heavy atom. The number of fused-ring (bicyclic) bond motifs is 1. The van der Waals surface area contributed by atoms with Crippen molar-refractivity contribution in [2.75, 3.05) is 0 Å². The number of aliphatic carboxylic acids is 1. The summed E-state index contributed by atoms with van der Waals surface area (Å²) in [4.78, 5) is 22.9. The van der Waals surface area contributed by atoms with E-state index in [1.165, 1.54) is 57.8 Å². The van der Waals surface area contributed by atoms with Crippen LogP contribution in [-0.2, 0) is 9.59 Å². The number of hydrogen-bond acceptors (Lipinski definition) is 3. The predicted octanol–water partition coefficient (Wildman–Crippen LogP) is 6.87. The van der Waals surface area contributed by atoms with Crippen molar-refractivity contribution >= 4 is 11.8 Å².